The molecule has 0 saturated heterocycles. The van der Waals surface area contributed by atoms with E-state index in [1.807, 2.05) is 24.3 Å². The SMILES string of the molecule is CCCN(CC)Cc1ccccc1C(=O)OC. The molecule has 0 aliphatic carbocycles. The van der Waals surface area contributed by atoms with E-state index in [9.17, 15) is 4.79 Å². The number of ether oxygens (including phenoxy) is 1. The van der Waals surface area contributed by atoms with E-state index >= 15 is 0 Å². The normalized spacial score (nSPS) is 10.6. The molecule has 0 saturated carbocycles. The van der Waals surface area contributed by atoms with Gasteiger partial charge in [-0.2, -0.15) is 0 Å². The predicted octanol–water partition coefficient (Wildman–Crippen LogP) is 2.71. The van der Waals surface area contributed by atoms with E-state index in [-0.39, 0.29) is 5.97 Å². The first-order valence-electron chi connectivity index (χ1n) is 6.11. The lowest BCUT2D eigenvalue weighted by Crippen LogP contribution is -2.24. The summed E-state index contributed by atoms with van der Waals surface area (Å²) in [6.45, 7) is 7.14. The molecular formula is C14H21NO2. The van der Waals surface area contributed by atoms with Gasteiger partial charge in [-0.1, -0.05) is 32.0 Å². The van der Waals surface area contributed by atoms with Gasteiger partial charge in [0.15, 0.2) is 0 Å². The lowest BCUT2D eigenvalue weighted by atomic mass is 10.1. The van der Waals surface area contributed by atoms with Crippen molar-refractivity contribution >= 4 is 5.97 Å². The Morgan fingerprint density at radius 3 is 2.59 bits per heavy atom. The molecule has 0 aromatic heterocycles. The Bertz CT molecular complexity index is 363. The van der Waals surface area contributed by atoms with Gasteiger partial charge in [0.05, 0.1) is 12.7 Å². The molecule has 0 radical (unpaired) electrons. The van der Waals surface area contributed by atoms with Crippen LogP contribution in [0.5, 0.6) is 0 Å². The zero-order chi connectivity index (χ0) is 12.7. The van der Waals surface area contributed by atoms with Gasteiger partial charge >= 0.3 is 5.97 Å². The number of rotatable bonds is 6. The van der Waals surface area contributed by atoms with E-state index in [0.29, 0.717) is 5.56 Å². The van der Waals surface area contributed by atoms with Gasteiger partial charge < -0.3 is 4.74 Å². The van der Waals surface area contributed by atoms with Crippen molar-refractivity contribution in [2.45, 2.75) is 26.8 Å². The van der Waals surface area contributed by atoms with Crippen LogP contribution in [0.4, 0.5) is 0 Å². The topological polar surface area (TPSA) is 29.5 Å². The highest BCUT2D eigenvalue weighted by molar-refractivity contribution is 5.90. The third-order valence-electron chi connectivity index (χ3n) is 2.80. The highest BCUT2D eigenvalue weighted by atomic mass is 16.5. The Balaban J connectivity index is 2.85. The van der Waals surface area contributed by atoms with Crippen molar-refractivity contribution in [3.63, 3.8) is 0 Å². The number of methoxy groups -OCH3 is 1. The molecular weight excluding hydrogens is 214 g/mol. The Morgan fingerprint density at radius 2 is 2.00 bits per heavy atom. The van der Waals surface area contributed by atoms with Crippen molar-refractivity contribution in [2.75, 3.05) is 20.2 Å². The molecule has 94 valence electrons. The Labute approximate surface area is 103 Å². The minimum atomic E-state index is -0.256. The first kappa shape index (κ1) is 13.7. The summed E-state index contributed by atoms with van der Waals surface area (Å²) >= 11 is 0. The van der Waals surface area contributed by atoms with E-state index in [1.165, 1.54) is 7.11 Å². The monoisotopic (exact) mass is 235 g/mol. The zero-order valence-corrected chi connectivity index (χ0v) is 10.9. The van der Waals surface area contributed by atoms with Gasteiger partial charge in [-0.15, -0.1) is 0 Å². The number of esters is 1. The average Bonchev–Trinajstić information content (AvgIpc) is 2.38. The van der Waals surface area contributed by atoms with Gasteiger partial charge in [0.2, 0.25) is 0 Å². The van der Waals surface area contributed by atoms with Gasteiger partial charge in [0, 0.05) is 6.54 Å². The van der Waals surface area contributed by atoms with Crippen LogP contribution in [0.2, 0.25) is 0 Å². The van der Waals surface area contributed by atoms with E-state index in [0.717, 1.165) is 31.6 Å². The number of carbonyl (C=O) groups excluding carboxylic acids is 1. The number of carbonyl (C=O) groups is 1. The average molecular weight is 235 g/mol. The quantitative estimate of drug-likeness (QED) is 0.710. The van der Waals surface area contributed by atoms with Crippen molar-refractivity contribution in [1.29, 1.82) is 0 Å². The fourth-order valence-corrected chi connectivity index (χ4v) is 1.87. The largest absolute Gasteiger partial charge is 0.465 e. The molecule has 0 N–H and O–H groups in total. The number of benzene rings is 1. The molecule has 1 rings (SSSR count). The molecule has 0 amide bonds. The molecule has 0 bridgehead atoms. The Hall–Kier alpha value is -1.35. The molecule has 0 atom stereocenters. The molecule has 0 aliphatic heterocycles. The summed E-state index contributed by atoms with van der Waals surface area (Å²) in [7, 11) is 1.42. The predicted molar refractivity (Wildman–Crippen MR) is 69.0 cm³/mol. The summed E-state index contributed by atoms with van der Waals surface area (Å²) in [5, 5.41) is 0. The van der Waals surface area contributed by atoms with E-state index in [1.54, 1.807) is 0 Å². The molecule has 1 aromatic rings. The second-order valence-corrected chi connectivity index (χ2v) is 4.02. The minimum absolute atomic E-state index is 0.256. The minimum Gasteiger partial charge on any atom is -0.465 e. The van der Waals surface area contributed by atoms with E-state index in [2.05, 4.69) is 18.7 Å². The van der Waals surface area contributed by atoms with Gasteiger partial charge in [0.1, 0.15) is 0 Å². The summed E-state index contributed by atoms with van der Waals surface area (Å²) in [6.07, 6.45) is 1.12. The highest BCUT2D eigenvalue weighted by Crippen LogP contribution is 2.13. The number of hydrogen-bond donors (Lipinski definition) is 0. The molecule has 0 spiro atoms. The van der Waals surface area contributed by atoms with E-state index in [4.69, 9.17) is 4.74 Å². The van der Waals surface area contributed by atoms with Crippen LogP contribution in [-0.2, 0) is 11.3 Å². The molecule has 0 aliphatic rings. The molecule has 0 heterocycles. The third kappa shape index (κ3) is 3.86. The molecule has 0 fully saturated rings. The first-order chi connectivity index (χ1) is 8.22. The third-order valence-corrected chi connectivity index (χ3v) is 2.80. The van der Waals surface area contributed by atoms with Crippen LogP contribution in [0.1, 0.15) is 36.2 Å². The van der Waals surface area contributed by atoms with Crippen molar-refractivity contribution < 1.29 is 9.53 Å². The molecule has 0 unspecified atom stereocenters. The second-order valence-electron chi connectivity index (χ2n) is 4.02. The van der Waals surface area contributed by atoms with Crippen LogP contribution in [0, 0.1) is 0 Å². The fraction of sp³-hybridized carbons (Fsp3) is 0.500. The second kappa shape index (κ2) is 7.07. The van der Waals surface area contributed by atoms with Crippen LogP contribution in [0.25, 0.3) is 0 Å². The van der Waals surface area contributed by atoms with Crippen molar-refractivity contribution in [3.05, 3.63) is 35.4 Å². The standard InChI is InChI=1S/C14H21NO2/c1-4-10-15(5-2)11-12-8-6-7-9-13(12)14(16)17-3/h6-9H,4-5,10-11H2,1-3H3. The first-order valence-corrected chi connectivity index (χ1v) is 6.11. The van der Waals surface area contributed by atoms with Crippen LogP contribution in [0.3, 0.4) is 0 Å². The van der Waals surface area contributed by atoms with Crippen molar-refractivity contribution in [3.8, 4) is 0 Å². The summed E-state index contributed by atoms with van der Waals surface area (Å²) < 4.78 is 4.79. The van der Waals surface area contributed by atoms with Crippen LogP contribution < -0.4 is 0 Å². The van der Waals surface area contributed by atoms with Crippen molar-refractivity contribution in [1.82, 2.24) is 4.90 Å². The van der Waals surface area contributed by atoms with Crippen LogP contribution in [-0.4, -0.2) is 31.1 Å². The highest BCUT2D eigenvalue weighted by Gasteiger charge is 2.12. The Morgan fingerprint density at radius 1 is 1.29 bits per heavy atom. The lowest BCUT2D eigenvalue weighted by molar-refractivity contribution is 0.0598. The number of nitrogens with zero attached hydrogens (tertiary/aromatic N) is 1. The Kier molecular flexibility index (Phi) is 5.70. The van der Waals surface area contributed by atoms with Gasteiger partial charge in [-0.3, -0.25) is 4.90 Å². The summed E-state index contributed by atoms with van der Waals surface area (Å²) in [5.74, 6) is -0.256. The smallest absolute Gasteiger partial charge is 0.338 e. The fourth-order valence-electron chi connectivity index (χ4n) is 1.87. The van der Waals surface area contributed by atoms with Crippen LogP contribution in [0.15, 0.2) is 24.3 Å². The lowest BCUT2D eigenvalue weighted by Gasteiger charge is -2.20. The van der Waals surface area contributed by atoms with E-state index < -0.39 is 0 Å². The summed E-state index contributed by atoms with van der Waals surface area (Å²) in [6, 6.07) is 7.64. The summed E-state index contributed by atoms with van der Waals surface area (Å²) in [4.78, 5) is 13.9. The van der Waals surface area contributed by atoms with Crippen LogP contribution >= 0.6 is 0 Å². The maximum absolute atomic E-state index is 11.6. The maximum atomic E-state index is 11.6. The van der Waals surface area contributed by atoms with Gasteiger partial charge in [-0.05, 0) is 31.1 Å². The van der Waals surface area contributed by atoms with Crippen molar-refractivity contribution in [2.24, 2.45) is 0 Å². The van der Waals surface area contributed by atoms with Gasteiger partial charge in [-0.25, -0.2) is 4.79 Å². The van der Waals surface area contributed by atoms with Gasteiger partial charge in [0.25, 0.3) is 0 Å². The molecule has 17 heavy (non-hydrogen) atoms. The molecule has 1 aromatic carbocycles. The number of hydrogen-bond acceptors (Lipinski definition) is 3. The molecule has 3 heteroatoms. The maximum Gasteiger partial charge on any atom is 0.338 e. The summed E-state index contributed by atoms with van der Waals surface area (Å²) in [5.41, 5.74) is 1.71. The zero-order valence-electron chi connectivity index (χ0n) is 10.9. The molecule has 3 nitrogen and oxygen atoms in total.